The third-order valence-electron chi connectivity index (χ3n) is 4.81. The monoisotopic (exact) mass is 428 g/mol. The van der Waals surface area contributed by atoms with Crippen LogP contribution in [0.25, 0.3) is 0 Å². The second kappa shape index (κ2) is 10.4. The number of ether oxygens (including phenoxy) is 2. The first-order valence-corrected chi connectivity index (χ1v) is 11.8. The van der Waals surface area contributed by atoms with Gasteiger partial charge >= 0.3 is 5.97 Å². The van der Waals surface area contributed by atoms with Crippen molar-refractivity contribution in [2.75, 3.05) is 19.9 Å². The second-order valence-corrected chi connectivity index (χ2v) is 10.0. The molecule has 0 bridgehead atoms. The van der Waals surface area contributed by atoms with Crippen molar-refractivity contribution in [2.45, 2.75) is 13.8 Å². The summed E-state index contributed by atoms with van der Waals surface area (Å²) in [6, 6.07) is 26.6. The molecule has 0 radical (unpaired) electrons. The van der Waals surface area contributed by atoms with Crippen molar-refractivity contribution in [1.29, 1.82) is 0 Å². The van der Waals surface area contributed by atoms with Gasteiger partial charge in [-0.25, -0.2) is 4.79 Å². The summed E-state index contributed by atoms with van der Waals surface area (Å²) in [6.07, 6.45) is 0. The maximum Gasteiger partial charge on any atom is 0.346 e. The standard InChI is InChI=1S/C24H26O3P.ClH/c1-4-26-21-17-12-18-22(23(21)24(25)27-5-2)28(3,19-13-8-6-9-14-19)20-15-10-7-11-16-20;/h6-18H,4-5H2,1-3H3;1H/q+1;/p-1. The zero-order chi connectivity index (χ0) is 20.0. The number of esters is 1. The molecule has 0 saturated carbocycles. The highest BCUT2D eigenvalue weighted by atomic mass is 35.5. The number of hydrogen-bond donors (Lipinski definition) is 0. The van der Waals surface area contributed by atoms with Gasteiger partial charge in [0.05, 0.1) is 19.9 Å². The zero-order valence-electron chi connectivity index (χ0n) is 17.0. The van der Waals surface area contributed by atoms with Crippen molar-refractivity contribution in [3.05, 3.63) is 84.4 Å². The summed E-state index contributed by atoms with van der Waals surface area (Å²) in [6.45, 7) is 6.81. The summed E-state index contributed by atoms with van der Waals surface area (Å²) >= 11 is 0. The summed E-state index contributed by atoms with van der Waals surface area (Å²) < 4.78 is 11.3. The molecule has 0 aliphatic rings. The topological polar surface area (TPSA) is 35.5 Å². The van der Waals surface area contributed by atoms with E-state index in [2.05, 4.69) is 30.9 Å². The van der Waals surface area contributed by atoms with Gasteiger partial charge in [0.1, 0.15) is 34.5 Å². The molecule has 0 aliphatic carbocycles. The molecule has 0 saturated heterocycles. The first-order chi connectivity index (χ1) is 13.6. The normalized spacial score (nSPS) is 10.7. The lowest BCUT2D eigenvalue weighted by Gasteiger charge is -2.25. The Bertz CT molecular complexity index is 890. The highest BCUT2D eigenvalue weighted by Gasteiger charge is 2.44. The van der Waals surface area contributed by atoms with Gasteiger partial charge in [0.15, 0.2) is 0 Å². The molecule has 0 atom stereocenters. The van der Waals surface area contributed by atoms with Gasteiger partial charge in [0.2, 0.25) is 0 Å². The SMILES string of the molecule is CCOC(=O)c1c(OCC)cccc1[P+](C)(c1ccccc1)c1ccccc1.[Cl-]. The molecule has 5 heteroatoms. The molecule has 0 spiro atoms. The molecule has 0 N–H and O–H groups in total. The van der Waals surface area contributed by atoms with E-state index in [1.54, 1.807) is 0 Å². The van der Waals surface area contributed by atoms with E-state index in [4.69, 9.17) is 9.47 Å². The lowest BCUT2D eigenvalue weighted by Crippen LogP contribution is -3.00. The third-order valence-corrected chi connectivity index (χ3v) is 8.81. The fraction of sp³-hybridized carbons (Fsp3) is 0.208. The fourth-order valence-corrected chi connectivity index (χ4v) is 6.88. The summed E-state index contributed by atoms with van der Waals surface area (Å²) in [7, 11) is -2.07. The Morgan fingerprint density at radius 1 is 0.793 bits per heavy atom. The second-order valence-electron chi connectivity index (χ2n) is 6.48. The van der Waals surface area contributed by atoms with Gasteiger partial charge < -0.3 is 21.9 Å². The van der Waals surface area contributed by atoms with Gasteiger partial charge in [-0.1, -0.05) is 42.5 Å². The van der Waals surface area contributed by atoms with Crippen LogP contribution in [-0.4, -0.2) is 25.8 Å². The van der Waals surface area contributed by atoms with E-state index in [1.807, 2.05) is 68.4 Å². The molecule has 0 heterocycles. The summed E-state index contributed by atoms with van der Waals surface area (Å²) in [5, 5.41) is 3.40. The number of halogens is 1. The Morgan fingerprint density at radius 2 is 1.34 bits per heavy atom. The number of hydrogen-bond acceptors (Lipinski definition) is 3. The van der Waals surface area contributed by atoms with Crippen LogP contribution < -0.4 is 33.1 Å². The number of rotatable bonds is 7. The smallest absolute Gasteiger partial charge is 0.346 e. The lowest BCUT2D eigenvalue weighted by atomic mass is 10.2. The number of carbonyl (C=O) groups excluding carboxylic acids is 1. The van der Waals surface area contributed by atoms with Crippen LogP contribution in [-0.2, 0) is 4.74 Å². The molecule has 29 heavy (non-hydrogen) atoms. The van der Waals surface area contributed by atoms with Crippen molar-refractivity contribution < 1.29 is 26.7 Å². The third kappa shape index (κ3) is 4.63. The van der Waals surface area contributed by atoms with Crippen LogP contribution >= 0.6 is 7.26 Å². The van der Waals surface area contributed by atoms with Crippen molar-refractivity contribution in [2.24, 2.45) is 0 Å². The molecule has 3 aromatic rings. The minimum absolute atomic E-state index is 0. The van der Waals surface area contributed by atoms with E-state index in [9.17, 15) is 4.79 Å². The number of carbonyl (C=O) groups is 1. The lowest BCUT2D eigenvalue weighted by molar-refractivity contribution is -0.0000250. The quantitative estimate of drug-likeness (QED) is 0.419. The highest BCUT2D eigenvalue weighted by molar-refractivity contribution is 7.95. The highest BCUT2D eigenvalue weighted by Crippen LogP contribution is 2.53. The van der Waals surface area contributed by atoms with E-state index >= 15 is 0 Å². The van der Waals surface area contributed by atoms with Gasteiger partial charge in [0.25, 0.3) is 0 Å². The molecule has 0 aromatic heterocycles. The molecule has 3 aromatic carbocycles. The minimum atomic E-state index is -2.07. The summed E-state index contributed by atoms with van der Waals surface area (Å²) in [5.74, 6) is 0.246. The number of benzene rings is 3. The van der Waals surface area contributed by atoms with Gasteiger partial charge in [-0.3, -0.25) is 0 Å². The molecular weight excluding hydrogens is 403 g/mol. The molecule has 0 amide bonds. The van der Waals surface area contributed by atoms with Gasteiger partial charge in [0, 0.05) is 0 Å². The van der Waals surface area contributed by atoms with Crippen molar-refractivity contribution >= 4 is 29.1 Å². The Balaban J connectivity index is 0.00000300. The minimum Gasteiger partial charge on any atom is -1.00 e. The maximum absolute atomic E-state index is 13.0. The van der Waals surface area contributed by atoms with E-state index in [0.717, 1.165) is 5.30 Å². The molecule has 0 unspecified atom stereocenters. The Hall–Kier alpha value is -2.35. The Morgan fingerprint density at radius 3 is 1.83 bits per heavy atom. The predicted molar refractivity (Wildman–Crippen MR) is 118 cm³/mol. The molecule has 3 nitrogen and oxygen atoms in total. The van der Waals surface area contributed by atoms with E-state index in [1.165, 1.54) is 10.6 Å². The van der Waals surface area contributed by atoms with Gasteiger partial charge in [-0.05, 0) is 50.2 Å². The van der Waals surface area contributed by atoms with E-state index < -0.39 is 7.26 Å². The van der Waals surface area contributed by atoms with E-state index in [-0.39, 0.29) is 18.4 Å². The molecule has 0 fully saturated rings. The average molecular weight is 429 g/mol. The van der Waals surface area contributed by atoms with Crippen LogP contribution in [0.4, 0.5) is 0 Å². The van der Waals surface area contributed by atoms with Crippen LogP contribution in [0.3, 0.4) is 0 Å². The van der Waals surface area contributed by atoms with Crippen molar-refractivity contribution in [1.82, 2.24) is 0 Å². The van der Waals surface area contributed by atoms with Gasteiger partial charge in [-0.15, -0.1) is 0 Å². The predicted octanol–water partition coefficient (Wildman–Crippen LogP) is 1.19. The van der Waals surface area contributed by atoms with Gasteiger partial charge in [-0.2, -0.15) is 0 Å². The maximum atomic E-state index is 13.0. The van der Waals surface area contributed by atoms with Crippen LogP contribution in [0.15, 0.2) is 78.9 Å². The van der Waals surface area contributed by atoms with Crippen LogP contribution in [0, 0.1) is 0 Å². The molecule has 152 valence electrons. The largest absolute Gasteiger partial charge is 1.00 e. The summed E-state index contributed by atoms with van der Waals surface area (Å²) in [4.78, 5) is 13.0. The zero-order valence-corrected chi connectivity index (χ0v) is 18.6. The Kier molecular flexibility index (Phi) is 8.25. The molecule has 3 rings (SSSR count). The fourth-order valence-electron chi connectivity index (χ4n) is 3.46. The molecule has 0 aliphatic heterocycles. The first kappa shape index (κ1) is 22.9. The first-order valence-electron chi connectivity index (χ1n) is 9.54. The van der Waals surface area contributed by atoms with Crippen molar-refractivity contribution in [3.63, 3.8) is 0 Å². The van der Waals surface area contributed by atoms with E-state index in [0.29, 0.717) is 24.5 Å². The average Bonchev–Trinajstić information content (AvgIpc) is 2.74. The Labute approximate surface area is 179 Å². The van der Waals surface area contributed by atoms with Crippen LogP contribution in [0.2, 0.25) is 0 Å². The van der Waals surface area contributed by atoms with Crippen LogP contribution in [0.1, 0.15) is 24.2 Å². The summed E-state index contributed by atoms with van der Waals surface area (Å²) in [5.41, 5.74) is 0.537. The van der Waals surface area contributed by atoms with Crippen molar-refractivity contribution in [3.8, 4) is 5.75 Å². The van der Waals surface area contributed by atoms with Crippen LogP contribution in [0.5, 0.6) is 5.75 Å². The molecular formula is C24H26ClO3P.